The maximum absolute atomic E-state index is 6.01. The van der Waals surface area contributed by atoms with Gasteiger partial charge in [0.1, 0.15) is 5.75 Å². The van der Waals surface area contributed by atoms with Gasteiger partial charge in [-0.05, 0) is 61.7 Å². The van der Waals surface area contributed by atoms with Crippen LogP contribution in [0.25, 0.3) is 11.3 Å². The second-order valence-corrected chi connectivity index (χ2v) is 7.47. The summed E-state index contributed by atoms with van der Waals surface area (Å²) in [5, 5.41) is 0. The molecular formula is C24H22N4O2S. The van der Waals surface area contributed by atoms with Crippen molar-refractivity contribution in [2.75, 3.05) is 11.3 Å². The number of rotatable bonds is 8. The molecule has 0 amide bonds. The van der Waals surface area contributed by atoms with Gasteiger partial charge >= 0.3 is 0 Å². The zero-order chi connectivity index (χ0) is 21.5. The van der Waals surface area contributed by atoms with E-state index >= 15 is 0 Å². The van der Waals surface area contributed by atoms with Crippen LogP contribution in [0.15, 0.2) is 83.9 Å². The summed E-state index contributed by atoms with van der Waals surface area (Å²) in [4.78, 5) is 14.7. The van der Waals surface area contributed by atoms with Crippen LogP contribution < -0.4 is 14.2 Å². The largest absolute Gasteiger partial charge is 0.477 e. The number of pyridine rings is 1. The van der Waals surface area contributed by atoms with Crippen LogP contribution in [0.4, 0.5) is 5.95 Å². The molecule has 0 fully saturated rings. The molecule has 0 atom stereocenters. The number of anilines is 1. The lowest BCUT2D eigenvalue weighted by atomic mass is 10.1. The van der Waals surface area contributed by atoms with Gasteiger partial charge in [0.05, 0.1) is 17.9 Å². The van der Waals surface area contributed by atoms with E-state index < -0.39 is 0 Å². The fourth-order valence-corrected chi connectivity index (χ4v) is 3.54. The molecule has 31 heavy (non-hydrogen) atoms. The van der Waals surface area contributed by atoms with E-state index in [0.717, 1.165) is 16.0 Å². The fraction of sp³-hybridized carbons (Fsp3) is 0.125. The molecule has 156 valence electrons. The van der Waals surface area contributed by atoms with Crippen molar-refractivity contribution in [1.82, 2.24) is 15.0 Å². The molecule has 4 rings (SSSR count). The fourth-order valence-electron chi connectivity index (χ4n) is 2.94. The lowest BCUT2D eigenvalue weighted by molar-refractivity contribution is 0.328. The van der Waals surface area contributed by atoms with Crippen LogP contribution in [0.2, 0.25) is 0 Å². The van der Waals surface area contributed by atoms with Crippen LogP contribution in [-0.4, -0.2) is 21.6 Å². The van der Waals surface area contributed by atoms with E-state index in [1.54, 1.807) is 12.3 Å². The number of nitrogens with one attached hydrogen (secondary N) is 1. The number of hydrogen-bond donors (Lipinski definition) is 1. The third-order valence-corrected chi connectivity index (χ3v) is 5.13. The molecule has 1 N–H and O–H groups in total. The first-order valence-corrected chi connectivity index (χ1v) is 10.7. The van der Waals surface area contributed by atoms with Crippen LogP contribution in [0, 0.1) is 6.92 Å². The van der Waals surface area contributed by atoms with E-state index in [0.29, 0.717) is 35.8 Å². The first-order valence-electron chi connectivity index (χ1n) is 9.91. The van der Waals surface area contributed by atoms with E-state index in [1.807, 2.05) is 80.6 Å². The number of aryl methyl sites for hydroxylation is 1. The smallest absolute Gasteiger partial charge is 0.237 e. The molecule has 0 unspecified atom stereocenters. The van der Waals surface area contributed by atoms with Crippen molar-refractivity contribution in [3.05, 3.63) is 84.6 Å². The zero-order valence-corrected chi connectivity index (χ0v) is 18.1. The number of hydrogen-bond acceptors (Lipinski definition) is 7. The van der Waals surface area contributed by atoms with Crippen molar-refractivity contribution >= 4 is 17.9 Å². The van der Waals surface area contributed by atoms with Crippen LogP contribution in [-0.2, 0) is 0 Å². The maximum Gasteiger partial charge on any atom is 0.237 e. The standard InChI is InChI=1S/C24H22N4O2S/c1-3-29-23-22(17(2)14-15-25-23)20-16-21(30-18-10-6-4-7-11-18)27-24(26-20)28-31-19-12-8-5-9-13-19/h4-16H,3H2,1-2H3,(H,26,27,28). The van der Waals surface area contributed by atoms with Gasteiger partial charge in [0.15, 0.2) is 0 Å². The molecule has 0 bridgehead atoms. The molecule has 0 radical (unpaired) electrons. The second kappa shape index (κ2) is 9.95. The van der Waals surface area contributed by atoms with Gasteiger partial charge in [-0.3, -0.25) is 4.72 Å². The molecule has 0 spiro atoms. The summed E-state index contributed by atoms with van der Waals surface area (Å²) in [6.07, 6.45) is 1.73. The number of ether oxygens (including phenoxy) is 2. The minimum atomic E-state index is 0.429. The third-order valence-electron chi connectivity index (χ3n) is 4.33. The van der Waals surface area contributed by atoms with Crippen molar-refractivity contribution in [1.29, 1.82) is 0 Å². The van der Waals surface area contributed by atoms with E-state index in [1.165, 1.54) is 11.9 Å². The van der Waals surface area contributed by atoms with Crippen LogP contribution in [0.1, 0.15) is 12.5 Å². The minimum Gasteiger partial charge on any atom is -0.477 e. The zero-order valence-electron chi connectivity index (χ0n) is 17.3. The van der Waals surface area contributed by atoms with E-state index in [-0.39, 0.29) is 0 Å². The summed E-state index contributed by atoms with van der Waals surface area (Å²) in [6, 6.07) is 23.3. The van der Waals surface area contributed by atoms with Gasteiger partial charge in [-0.1, -0.05) is 36.4 Å². The highest BCUT2D eigenvalue weighted by atomic mass is 32.2. The summed E-state index contributed by atoms with van der Waals surface area (Å²) >= 11 is 1.43. The molecule has 7 heteroatoms. The normalized spacial score (nSPS) is 10.5. The Balaban J connectivity index is 1.73. The molecule has 0 aliphatic heterocycles. The van der Waals surface area contributed by atoms with Gasteiger partial charge in [-0.25, -0.2) is 9.97 Å². The van der Waals surface area contributed by atoms with Crippen molar-refractivity contribution in [3.8, 4) is 28.8 Å². The van der Waals surface area contributed by atoms with E-state index in [2.05, 4.69) is 14.7 Å². The van der Waals surface area contributed by atoms with Gasteiger partial charge in [-0.15, -0.1) is 0 Å². The Labute approximate surface area is 185 Å². The predicted molar refractivity (Wildman–Crippen MR) is 124 cm³/mol. The molecule has 2 aromatic carbocycles. The second-order valence-electron chi connectivity index (χ2n) is 6.59. The summed E-state index contributed by atoms with van der Waals surface area (Å²) in [6.45, 7) is 4.45. The van der Waals surface area contributed by atoms with Crippen molar-refractivity contribution in [2.24, 2.45) is 0 Å². The Morgan fingerprint density at radius 2 is 1.68 bits per heavy atom. The number of nitrogens with zero attached hydrogens (tertiary/aromatic N) is 3. The number of aromatic nitrogens is 3. The molecule has 0 saturated carbocycles. The van der Waals surface area contributed by atoms with Gasteiger partial charge in [0.2, 0.25) is 17.7 Å². The third kappa shape index (κ3) is 5.32. The van der Waals surface area contributed by atoms with Gasteiger partial charge in [0.25, 0.3) is 0 Å². The van der Waals surface area contributed by atoms with Crippen LogP contribution in [0.5, 0.6) is 17.5 Å². The highest BCUT2D eigenvalue weighted by molar-refractivity contribution is 8.00. The van der Waals surface area contributed by atoms with Gasteiger partial charge in [0, 0.05) is 17.2 Å². The Morgan fingerprint density at radius 1 is 0.935 bits per heavy atom. The molecular weight excluding hydrogens is 408 g/mol. The van der Waals surface area contributed by atoms with E-state index in [9.17, 15) is 0 Å². The van der Waals surface area contributed by atoms with Crippen molar-refractivity contribution in [2.45, 2.75) is 18.7 Å². The maximum atomic E-state index is 6.01. The average Bonchev–Trinajstić information content (AvgIpc) is 2.79. The van der Waals surface area contributed by atoms with Gasteiger partial charge in [-0.2, -0.15) is 4.98 Å². The summed E-state index contributed by atoms with van der Waals surface area (Å²) in [7, 11) is 0. The van der Waals surface area contributed by atoms with E-state index in [4.69, 9.17) is 14.5 Å². The summed E-state index contributed by atoms with van der Waals surface area (Å²) in [5.74, 6) is 2.09. The Morgan fingerprint density at radius 3 is 2.42 bits per heavy atom. The highest BCUT2D eigenvalue weighted by Crippen LogP contribution is 2.34. The molecule has 0 saturated heterocycles. The SMILES string of the molecule is CCOc1nccc(C)c1-c1cc(Oc2ccccc2)nc(NSc2ccccc2)n1. The highest BCUT2D eigenvalue weighted by Gasteiger charge is 2.16. The number of para-hydroxylation sites is 1. The topological polar surface area (TPSA) is 69.2 Å². The summed E-state index contributed by atoms with van der Waals surface area (Å²) in [5.41, 5.74) is 2.49. The first kappa shape index (κ1) is 20.7. The first-order chi connectivity index (χ1) is 15.2. The Kier molecular flexibility index (Phi) is 6.64. The Hall–Kier alpha value is -3.58. The number of benzene rings is 2. The van der Waals surface area contributed by atoms with Crippen molar-refractivity contribution in [3.63, 3.8) is 0 Å². The molecule has 0 aliphatic carbocycles. The summed E-state index contributed by atoms with van der Waals surface area (Å²) < 4.78 is 15.0. The van der Waals surface area contributed by atoms with Gasteiger partial charge < -0.3 is 9.47 Å². The Bertz CT molecular complexity index is 1140. The van der Waals surface area contributed by atoms with Crippen molar-refractivity contribution < 1.29 is 9.47 Å². The van der Waals surface area contributed by atoms with Crippen LogP contribution in [0.3, 0.4) is 0 Å². The minimum absolute atomic E-state index is 0.429. The molecule has 6 nitrogen and oxygen atoms in total. The average molecular weight is 431 g/mol. The molecule has 0 aliphatic rings. The quantitative estimate of drug-likeness (QED) is 0.336. The lowest BCUT2D eigenvalue weighted by Crippen LogP contribution is -2.03. The lowest BCUT2D eigenvalue weighted by Gasteiger charge is -2.14. The molecule has 2 heterocycles. The molecule has 2 aromatic heterocycles. The monoisotopic (exact) mass is 430 g/mol. The van der Waals surface area contributed by atoms with Crippen LogP contribution >= 0.6 is 11.9 Å². The molecule has 4 aromatic rings. The predicted octanol–water partition coefficient (Wildman–Crippen LogP) is 6.16.